The van der Waals surface area contributed by atoms with E-state index in [1.165, 1.54) is 12.1 Å². The molecule has 1 heterocycles. The summed E-state index contributed by atoms with van der Waals surface area (Å²) in [6.07, 6.45) is -3.45. The lowest BCUT2D eigenvalue weighted by Crippen LogP contribution is -2.50. The molecule has 1 amide bonds. The van der Waals surface area contributed by atoms with Gasteiger partial charge in [0, 0.05) is 32.1 Å². The van der Waals surface area contributed by atoms with E-state index in [0.717, 1.165) is 30.7 Å². The van der Waals surface area contributed by atoms with Gasteiger partial charge in [0.25, 0.3) is 0 Å². The molecular formula is C17H23F3N2O. The highest BCUT2D eigenvalue weighted by Gasteiger charge is 2.31. The maximum absolute atomic E-state index is 12.6. The summed E-state index contributed by atoms with van der Waals surface area (Å²) >= 11 is 0. The number of likely N-dealkylation sites (tertiary alicyclic amines) is 1. The number of halogens is 3. The molecule has 23 heavy (non-hydrogen) atoms. The van der Waals surface area contributed by atoms with Crippen molar-refractivity contribution in [1.29, 1.82) is 0 Å². The number of carbonyl (C=O) groups is 1. The third-order valence-electron chi connectivity index (χ3n) is 4.55. The van der Waals surface area contributed by atoms with Gasteiger partial charge in [-0.1, -0.05) is 19.1 Å². The van der Waals surface area contributed by atoms with Crippen LogP contribution in [-0.4, -0.2) is 29.9 Å². The zero-order chi connectivity index (χ0) is 17.2. The molecule has 1 fully saturated rings. The molecule has 0 aliphatic carbocycles. The van der Waals surface area contributed by atoms with E-state index >= 15 is 0 Å². The summed E-state index contributed by atoms with van der Waals surface area (Å²) in [5.74, 6) is 0.399. The lowest BCUT2D eigenvalue weighted by molar-refractivity contribution is -0.137. The first-order chi connectivity index (χ1) is 10.7. The van der Waals surface area contributed by atoms with E-state index in [2.05, 4.69) is 12.2 Å². The highest BCUT2D eigenvalue weighted by atomic mass is 19.4. The Hall–Kier alpha value is -1.56. The zero-order valence-corrected chi connectivity index (χ0v) is 13.7. The molecule has 3 atom stereocenters. The number of amides is 1. The fourth-order valence-corrected chi connectivity index (χ4v) is 3.06. The molecule has 1 saturated heterocycles. The predicted octanol–water partition coefficient (Wildman–Crippen LogP) is 3.61. The lowest BCUT2D eigenvalue weighted by Gasteiger charge is -2.38. The molecule has 0 aromatic heterocycles. The van der Waals surface area contributed by atoms with Crippen molar-refractivity contribution >= 4 is 5.91 Å². The minimum atomic E-state index is -4.30. The van der Waals surface area contributed by atoms with Crippen molar-refractivity contribution in [2.24, 2.45) is 5.92 Å². The van der Waals surface area contributed by atoms with E-state index in [0.29, 0.717) is 12.5 Å². The topological polar surface area (TPSA) is 32.3 Å². The number of nitrogens with zero attached hydrogens (tertiary/aromatic N) is 1. The highest BCUT2D eigenvalue weighted by Crippen LogP contribution is 2.30. The molecule has 0 radical (unpaired) electrons. The van der Waals surface area contributed by atoms with E-state index in [9.17, 15) is 18.0 Å². The van der Waals surface area contributed by atoms with Gasteiger partial charge in [0.1, 0.15) is 0 Å². The van der Waals surface area contributed by atoms with Crippen LogP contribution in [0.1, 0.15) is 44.4 Å². The minimum absolute atomic E-state index is 0.0337. The highest BCUT2D eigenvalue weighted by molar-refractivity contribution is 5.73. The Labute approximate surface area is 134 Å². The molecule has 1 aromatic carbocycles. The first-order valence-electron chi connectivity index (χ1n) is 7.87. The molecule has 0 unspecified atom stereocenters. The number of piperidine rings is 1. The zero-order valence-electron chi connectivity index (χ0n) is 13.7. The fourth-order valence-electron chi connectivity index (χ4n) is 3.06. The second-order valence-electron chi connectivity index (χ2n) is 6.35. The van der Waals surface area contributed by atoms with E-state index in [1.54, 1.807) is 6.92 Å². The molecule has 0 saturated carbocycles. The average molecular weight is 328 g/mol. The van der Waals surface area contributed by atoms with Crippen LogP contribution in [0.25, 0.3) is 0 Å². The van der Waals surface area contributed by atoms with Gasteiger partial charge in [0.15, 0.2) is 0 Å². The Morgan fingerprint density at radius 1 is 1.30 bits per heavy atom. The summed E-state index contributed by atoms with van der Waals surface area (Å²) in [7, 11) is 0. The normalized spacial score (nSPS) is 23.7. The van der Waals surface area contributed by atoms with Gasteiger partial charge in [-0.2, -0.15) is 13.2 Å². The van der Waals surface area contributed by atoms with Crippen molar-refractivity contribution in [3.63, 3.8) is 0 Å². The lowest BCUT2D eigenvalue weighted by atomic mass is 9.92. The second-order valence-corrected chi connectivity index (χ2v) is 6.35. The third-order valence-corrected chi connectivity index (χ3v) is 4.55. The van der Waals surface area contributed by atoms with Crippen molar-refractivity contribution in [3.05, 3.63) is 35.4 Å². The maximum atomic E-state index is 12.6. The number of hydrogen-bond donors (Lipinski definition) is 1. The summed E-state index contributed by atoms with van der Waals surface area (Å²) in [5, 5.41) is 3.48. The summed E-state index contributed by atoms with van der Waals surface area (Å²) in [5.41, 5.74) is 0.204. The number of rotatable bonds is 3. The largest absolute Gasteiger partial charge is 0.416 e. The first kappa shape index (κ1) is 17.8. The van der Waals surface area contributed by atoms with Gasteiger partial charge in [-0.3, -0.25) is 4.79 Å². The molecular weight excluding hydrogens is 305 g/mol. The van der Waals surface area contributed by atoms with Crippen molar-refractivity contribution in [2.75, 3.05) is 13.1 Å². The molecule has 0 bridgehead atoms. The standard InChI is InChI=1S/C17H23F3N2O/c1-11-10-22(13(3)23)9-8-16(11)21-12(2)14-4-6-15(7-5-14)17(18,19)20/h4-7,11-12,16,21H,8-10H2,1-3H3/t11-,12+,16-/m0/s1. The Balaban J connectivity index is 1.97. The molecule has 1 aliphatic rings. The fraction of sp³-hybridized carbons (Fsp3) is 0.588. The number of nitrogens with one attached hydrogen (secondary N) is 1. The Kier molecular flexibility index (Phi) is 5.34. The van der Waals surface area contributed by atoms with Gasteiger partial charge < -0.3 is 10.2 Å². The Morgan fingerprint density at radius 3 is 2.39 bits per heavy atom. The van der Waals surface area contributed by atoms with Crippen LogP contribution in [0.2, 0.25) is 0 Å². The monoisotopic (exact) mass is 328 g/mol. The van der Waals surface area contributed by atoms with Crippen molar-refractivity contribution in [2.45, 2.75) is 45.5 Å². The van der Waals surface area contributed by atoms with Gasteiger partial charge in [-0.15, -0.1) is 0 Å². The Morgan fingerprint density at radius 2 is 1.91 bits per heavy atom. The first-order valence-corrected chi connectivity index (χ1v) is 7.87. The van der Waals surface area contributed by atoms with Gasteiger partial charge in [-0.25, -0.2) is 0 Å². The quantitative estimate of drug-likeness (QED) is 0.919. The Bertz CT molecular complexity index is 542. The summed E-state index contributed by atoms with van der Waals surface area (Å²) in [4.78, 5) is 13.3. The molecule has 128 valence electrons. The van der Waals surface area contributed by atoms with E-state index < -0.39 is 11.7 Å². The summed E-state index contributed by atoms with van der Waals surface area (Å²) in [6, 6.07) is 5.51. The average Bonchev–Trinajstić information content (AvgIpc) is 2.48. The van der Waals surface area contributed by atoms with Crippen LogP contribution < -0.4 is 5.32 Å². The van der Waals surface area contributed by atoms with E-state index in [1.807, 2.05) is 11.8 Å². The predicted molar refractivity (Wildman–Crippen MR) is 82.8 cm³/mol. The van der Waals surface area contributed by atoms with E-state index in [-0.39, 0.29) is 18.0 Å². The second kappa shape index (κ2) is 6.91. The smallest absolute Gasteiger partial charge is 0.343 e. The van der Waals surface area contributed by atoms with Gasteiger partial charge in [-0.05, 0) is 37.0 Å². The maximum Gasteiger partial charge on any atom is 0.416 e. The van der Waals surface area contributed by atoms with Crippen molar-refractivity contribution in [1.82, 2.24) is 10.2 Å². The molecule has 1 N–H and O–H groups in total. The van der Waals surface area contributed by atoms with Crippen LogP contribution in [0.15, 0.2) is 24.3 Å². The van der Waals surface area contributed by atoms with Crippen molar-refractivity contribution in [3.8, 4) is 0 Å². The number of hydrogen-bond acceptors (Lipinski definition) is 2. The molecule has 2 rings (SSSR count). The van der Waals surface area contributed by atoms with Crippen LogP contribution in [0, 0.1) is 5.92 Å². The van der Waals surface area contributed by atoms with E-state index in [4.69, 9.17) is 0 Å². The third kappa shape index (κ3) is 4.47. The van der Waals surface area contributed by atoms with Crippen LogP contribution in [-0.2, 0) is 11.0 Å². The van der Waals surface area contributed by atoms with Crippen molar-refractivity contribution < 1.29 is 18.0 Å². The van der Waals surface area contributed by atoms with Gasteiger partial charge >= 0.3 is 6.18 Å². The molecule has 1 aromatic rings. The molecule has 3 nitrogen and oxygen atoms in total. The molecule has 6 heteroatoms. The number of carbonyl (C=O) groups excluding carboxylic acids is 1. The van der Waals surface area contributed by atoms with Crippen LogP contribution >= 0.6 is 0 Å². The summed E-state index contributed by atoms with van der Waals surface area (Å²) < 4.78 is 37.8. The van der Waals surface area contributed by atoms with Gasteiger partial charge in [0.05, 0.1) is 5.56 Å². The number of benzene rings is 1. The van der Waals surface area contributed by atoms with Gasteiger partial charge in [0.2, 0.25) is 5.91 Å². The summed E-state index contributed by atoms with van der Waals surface area (Å²) in [6.45, 7) is 7.05. The number of alkyl halides is 3. The SMILES string of the molecule is CC(=O)N1CC[C@H](N[C@H](C)c2ccc(C(F)(F)F)cc2)[C@@H](C)C1. The van der Waals surface area contributed by atoms with Crippen LogP contribution in [0.4, 0.5) is 13.2 Å². The molecule has 1 aliphatic heterocycles. The molecule has 0 spiro atoms. The van der Waals surface area contributed by atoms with Crippen LogP contribution in [0.5, 0.6) is 0 Å². The minimum Gasteiger partial charge on any atom is -0.343 e. The van der Waals surface area contributed by atoms with Crippen LogP contribution in [0.3, 0.4) is 0 Å².